The van der Waals surface area contributed by atoms with Crippen LogP contribution in [0.3, 0.4) is 0 Å². The van der Waals surface area contributed by atoms with E-state index in [-0.39, 0.29) is 1.43 Å². The summed E-state index contributed by atoms with van der Waals surface area (Å²) in [4.78, 5) is 0. The molecular formula is C12H22N2. The van der Waals surface area contributed by atoms with Gasteiger partial charge in [-0.05, 0) is 24.9 Å². The molecule has 0 saturated carbocycles. The van der Waals surface area contributed by atoms with Crippen LogP contribution in [-0.4, -0.2) is 12.6 Å². The Morgan fingerprint density at radius 2 is 2.07 bits per heavy atom. The maximum absolute atomic E-state index is 5.81. The maximum atomic E-state index is 5.81. The fraction of sp³-hybridized carbons (Fsp3) is 0.500. The summed E-state index contributed by atoms with van der Waals surface area (Å²) in [6.45, 7) is 4.07. The van der Waals surface area contributed by atoms with Crippen molar-refractivity contribution in [1.82, 2.24) is 5.32 Å². The van der Waals surface area contributed by atoms with Crippen LogP contribution in [-0.2, 0) is 6.54 Å². The van der Waals surface area contributed by atoms with Gasteiger partial charge in [0.25, 0.3) is 0 Å². The zero-order valence-electron chi connectivity index (χ0n) is 8.87. The predicted octanol–water partition coefficient (Wildman–Crippen LogP) is 2.15. The number of nitrogens with one attached hydrogen (secondary N) is 1. The molecule has 80 valence electrons. The van der Waals surface area contributed by atoms with E-state index in [2.05, 4.69) is 36.5 Å². The van der Waals surface area contributed by atoms with Crippen LogP contribution < -0.4 is 11.1 Å². The summed E-state index contributed by atoms with van der Waals surface area (Å²) in [7, 11) is 0. The van der Waals surface area contributed by atoms with Crippen LogP contribution in [0.25, 0.3) is 0 Å². The molecule has 1 unspecified atom stereocenters. The first kappa shape index (κ1) is 11.2. The van der Waals surface area contributed by atoms with Gasteiger partial charge in [0.2, 0.25) is 0 Å². The summed E-state index contributed by atoms with van der Waals surface area (Å²) >= 11 is 0. The van der Waals surface area contributed by atoms with Crippen LogP contribution in [0, 0.1) is 0 Å². The Labute approximate surface area is 88.0 Å². The van der Waals surface area contributed by atoms with Crippen molar-refractivity contribution in [2.24, 2.45) is 5.73 Å². The molecule has 0 aliphatic heterocycles. The molecule has 0 bridgehead atoms. The van der Waals surface area contributed by atoms with Crippen LogP contribution in [0.15, 0.2) is 30.3 Å². The lowest BCUT2D eigenvalue weighted by Gasteiger charge is -2.09. The molecule has 0 aromatic heterocycles. The van der Waals surface area contributed by atoms with Crippen molar-refractivity contribution in [3.8, 4) is 0 Å². The lowest BCUT2D eigenvalue weighted by Crippen LogP contribution is -2.25. The number of benzene rings is 1. The van der Waals surface area contributed by atoms with E-state index in [9.17, 15) is 0 Å². The summed E-state index contributed by atoms with van der Waals surface area (Å²) in [5.41, 5.74) is 7.14. The van der Waals surface area contributed by atoms with E-state index in [1.54, 1.807) is 0 Å². The van der Waals surface area contributed by atoms with Gasteiger partial charge in [-0.15, -0.1) is 0 Å². The molecule has 1 aromatic rings. The smallest absolute Gasteiger partial charge is 0.0205 e. The zero-order valence-corrected chi connectivity index (χ0v) is 8.87. The molecular weight excluding hydrogens is 172 g/mol. The lowest BCUT2D eigenvalue weighted by molar-refractivity contribution is 0.549. The highest BCUT2D eigenvalue weighted by atomic mass is 14.9. The molecule has 0 heterocycles. The van der Waals surface area contributed by atoms with E-state index in [1.807, 2.05) is 6.07 Å². The SMILES string of the molecule is CCC(N)CCNCc1ccccc1.[HH]. The summed E-state index contributed by atoms with van der Waals surface area (Å²) in [5, 5.41) is 3.39. The van der Waals surface area contributed by atoms with Crippen LogP contribution in [0.1, 0.15) is 26.8 Å². The summed E-state index contributed by atoms with van der Waals surface area (Å²) in [6, 6.07) is 10.8. The largest absolute Gasteiger partial charge is 0.328 e. The number of rotatable bonds is 6. The molecule has 14 heavy (non-hydrogen) atoms. The van der Waals surface area contributed by atoms with Crippen molar-refractivity contribution in [3.05, 3.63) is 35.9 Å². The lowest BCUT2D eigenvalue weighted by atomic mass is 10.1. The number of hydrogen-bond acceptors (Lipinski definition) is 2. The Morgan fingerprint density at radius 1 is 1.36 bits per heavy atom. The highest BCUT2D eigenvalue weighted by Gasteiger charge is 1.97. The van der Waals surface area contributed by atoms with Crippen molar-refractivity contribution in [3.63, 3.8) is 0 Å². The fourth-order valence-corrected chi connectivity index (χ4v) is 1.32. The molecule has 0 spiro atoms. The summed E-state index contributed by atoms with van der Waals surface area (Å²) < 4.78 is 0. The Kier molecular flexibility index (Phi) is 5.27. The minimum atomic E-state index is 0. The number of nitrogens with two attached hydrogens (primary N) is 1. The zero-order chi connectivity index (χ0) is 10.2. The van der Waals surface area contributed by atoms with Crippen molar-refractivity contribution < 1.29 is 1.43 Å². The van der Waals surface area contributed by atoms with E-state index >= 15 is 0 Å². The van der Waals surface area contributed by atoms with Gasteiger partial charge in [-0.25, -0.2) is 0 Å². The standard InChI is InChI=1S/C12H20N2.H2/c1-2-12(13)8-9-14-10-11-6-4-3-5-7-11;/h3-7,12,14H,2,8-10,13H2,1H3;1H. The molecule has 1 rings (SSSR count). The van der Waals surface area contributed by atoms with Crippen molar-refractivity contribution in [2.45, 2.75) is 32.4 Å². The molecule has 0 amide bonds. The third-order valence-corrected chi connectivity index (χ3v) is 2.39. The molecule has 0 fully saturated rings. The first-order valence-electron chi connectivity index (χ1n) is 5.33. The van der Waals surface area contributed by atoms with E-state index in [4.69, 9.17) is 5.73 Å². The molecule has 0 saturated heterocycles. The second kappa shape index (κ2) is 6.57. The molecule has 0 radical (unpaired) electrons. The van der Waals surface area contributed by atoms with E-state index in [0.717, 1.165) is 25.9 Å². The normalized spacial score (nSPS) is 12.7. The van der Waals surface area contributed by atoms with Gasteiger partial charge in [0.1, 0.15) is 0 Å². The molecule has 1 atom stereocenters. The average Bonchev–Trinajstić information content (AvgIpc) is 2.25. The Morgan fingerprint density at radius 3 is 2.71 bits per heavy atom. The molecule has 0 aliphatic rings. The molecule has 1 aromatic carbocycles. The van der Waals surface area contributed by atoms with Crippen LogP contribution in [0.4, 0.5) is 0 Å². The van der Waals surface area contributed by atoms with Gasteiger partial charge >= 0.3 is 0 Å². The first-order chi connectivity index (χ1) is 6.83. The number of hydrogen-bond donors (Lipinski definition) is 2. The third kappa shape index (κ3) is 4.40. The predicted molar refractivity (Wildman–Crippen MR) is 63.1 cm³/mol. The quantitative estimate of drug-likeness (QED) is 0.681. The average molecular weight is 194 g/mol. The van der Waals surface area contributed by atoms with Gasteiger partial charge in [-0.2, -0.15) is 0 Å². The van der Waals surface area contributed by atoms with Gasteiger partial charge in [0, 0.05) is 14.0 Å². The van der Waals surface area contributed by atoms with Crippen molar-refractivity contribution >= 4 is 0 Å². The molecule has 0 aliphatic carbocycles. The fourth-order valence-electron chi connectivity index (χ4n) is 1.32. The monoisotopic (exact) mass is 194 g/mol. The van der Waals surface area contributed by atoms with E-state index in [0.29, 0.717) is 6.04 Å². The highest BCUT2D eigenvalue weighted by Crippen LogP contribution is 1.97. The first-order valence-corrected chi connectivity index (χ1v) is 5.33. The second-order valence-corrected chi connectivity index (χ2v) is 3.62. The Hall–Kier alpha value is -0.860. The van der Waals surface area contributed by atoms with Crippen molar-refractivity contribution in [1.29, 1.82) is 0 Å². The Bertz CT molecular complexity index is 239. The van der Waals surface area contributed by atoms with Gasteiger partial charge in [-0.1, -0.05) is 37.3 Å². The van der Waals surface area contributed by atoms with Crippen LogP contribution >= 0.6 is 0 Å². The molecule has 3 N–H and O–H groups in total. The van der Waals surface area contributed by atoms with Gasteiger partial charge in [0.05, 0.1) is 0 Å². The van der Waals surface area contributed by atoms with Gasteiger partial charge in [-0.3, -0.25) is 0 Å². The van der Waals surface area contributed by atoms with Gasteiger partial charge in [0.15, 0.2) is 0 Å². The maximum Gasteiger partial charge on any atom is 0.0205 e. The highest BCUT2D eigenvalue weighted by molar-refractivity contribution is 5.14. The minimum absolute atomic E-state index is 0. The molecule has 2 nitrogen and oxygen atoms in total. The van der Waals surface area contributed by atoms with Gasteiger partial charge < -0.3 is 11.1 Å². The van der Waals surface area contributed by atoms with E-state index < -0.39 is 0 Å². The van der Waals surface area contributed by atoms with Crippen molar-refractivity contribution in [2.75, 3.05) is 6.54 Å². The summed E-state index contributed by atoms with van der Waals surface area (Å²) in [5.74, 6) is 0. The Balaban J connectivity index is 0.00000196. The van der Waals surface area contributed by atoms with E-state index in [1.165, 1.54) is 5.56 Å². The summed E-state index contributed by atoms with van der Waals surface area (Å²) in [6.07, 6.45) is 2.12. The minimum Gasteiger partial charge on any atom is -0.328 e. The topological polar surface area (TPSA) is 38.0 Å². The van der Waals surface area contributed by atoms with Crippen LogP contribution in [0.2, 0.25) is 0 Å². The second-order valence-electron chi connectivity index (χ2n) is 3.62. The van der Waals surface area contributed by atoms with Crippen LogP contribution in [0.5, 0.6) is 0 Å². The third-order valence-electron chi connectivity index (χ3n) is 2.39. The molecule has 2 heteroatoms.